The third kappa shape index (κ3) is 19.2. The van der Waals surface area contributed by atoms with Crippen LogP contribution >= 0.6 is 0 Å². The molecule has 0 unspecified atom stereocenters. The Labute approximate surface area is 133 Å². The summed E-state index contributed by atoms with van der Waals surface area (Å²) in [5.74, 6) is 0. The normalized spacial score (nSPS) is 10.5. The van der Waals surface area contributed by atoms with Gasteiger partial charge >= 0.3 is 0 Å². The smallest absolute Gasteiger partial charge is 0.0621 e. The van der Waals surface area contributed by atoms with Crippen LogP contribution in [0.4, 0.5) is 0 Å². The molecule has 0 aliphatic heterocycles. The van der Waals surface area contributed by atoms with Crippen molar-refractivity contribution in [3.8, 4) is 6.07 Å². The quantitative estimate of drug-likeness (QED) is 0.216. The van der Waals surface area contributed by atoms with Crippen molar-refractivity contribution in [3.05, 3.63) is 12.2 Å². The summed E-state index contributed by atoms with van der Waals surface area (Å²) >= 11 is 0. The molecule has 0 radical (unpaired) electrons. The number of rotatable bonds is 16. The van der Waals surface area contributed by atoms with Gasteiger partial charge < -0.3 is 0 Å². The lowest BCUT2D eigenvalue weighted by Crippen LogP contribution is -1.83. The first-order valence-electron chi connectivity index (χ1n) is 9.28. The molecule has 0 aliphatic rings. The summed E-state index contributed by atoms with van der Waals surface area (Å²) in [6.45, 7) is 6.08. The predicted octanol–water partition coefficient (Wildman–Crippen LogP) is 7.33. The molecule has 0 aromatic carbocycles. The lowest BCUT2D eigenvalue weighted by Gasteiger charge is -2.03. The standard InChI is InChI=1S/C20H37N/c1-20(2)18-16-14-12-10-8-6-4-3-5-7-9-11-13-15-17-19-21/h1,3-18H2,2H3. The van der Waals surface area contributed by atoms with Crippen LogP contribution < -0.4 is 0 Å². The van der Waals surface area contributed by atoms with Crippen LogP contribution in [0.1, 0.15) is 110 Å². The maximum atomic E-state index is 8.44. The van der Waals surface area contributed by atoms with E-state index in [1.807, 2.05) is 0 Å². The Morgan fingerprint density at radius 1 is 0.667 bits per heavy atom. The highest BCUT2D eigenvalue weighted by Gasteiger charge is 1.94. The van der Waals surface area contributed by atoms with Crippen LogP contribution in [0.25, 0.3) is 0 Å². The van der Waals surface area contributed by atoms with Gasteiger partial charge in [0.1, 0.15) is 0 Å². The minimum atomic E-state index is 0.743. The number of unbranched alkanes of at least 4 members (excludes halogenated alkanes) is 14. The van der Waals surface area contributed by atoms with Crippen LogP contribution in [-0.2, 0) is 0 Å². The van der Waals surface area contributed by atoms with E-state index in [2.05, 4.69) is 19.6 Å². The summed E-state index contributed by atoms with van der Waals surface area (Å²) < 4.78 is 0. The molecule has 0 N–H and O–H groups in total. The van der Waals surface area contributed by atoms with Crippen molar-refractivity contribution in [2.45, 2.75) is 110 Å². The molecule has 21 heavy (non-hydrogen) atoms. The van der Waals surface area contributed by atoms with Gasteiger partial charge in [-0.1, -0.05) is 82.6 Å². The molecule has 0 aromatic rings. The van der Waals surface area contributed by atoms with E-state index in [9.17, 15) is 0 Å². The van der Waals surface area contributed by atoms with Crippen LogP contribution in [0, 0.1) is 11.3 Å². The van der Waals surface area contributed by atoms with Crippen LogP contribution in [0.15, 0.2) is 12.2 Å². The van der Waals surface area contributed by atoms with E-state index in [1.165, 1.54) is 95.5 Å². The molecule has 1 nitrogen and oxygen atoms in total. The fraction of sp³-hybridized carbons (Fsp3) is 0.850. The molecule has 1 heteroatoms. The lowest BCUT2D eigenvalue weighted by atomic mass is 10.0. The molecule has 0 fully saturated rings. The summed E-state index contributed by atoms with van der Waals surface area (Å²) in [6.07, 6.45) is 21.1. The Balaban J connectivity index is 2.96. The third-order valence-corrected chi connectivity index (χ3v) is 4.14. The van der Waals surface area contributed by atoms with Gasteiger partial charge in [-0.25, -0.2) is 0 Å². The zero-order valence-corrected chi connectivity index (χ0v) is 14.5. The van der Waals surface area contributed by atoms with Gasteiger partial charge in [-0.2, -0.15) is 5.26 Å². The number of nitrogens with zero attached hydrogens (tertiary/aromatic N) is 1. The summed E-state index contributed by atoms with van der Waals surface area (Å²) in [5, 5.41) is 8.44. The van der Waals surface area contributed by atoms with E-state index in [4.69, 9.17) is 5.26 Å². The van der Waals surface area contributed by atoms with Crippen LogP contribution in [0.2, 0.25) is 0 Å². The minimum absolute atomic E-state index is 0.743. The molecule has 0 saturated heterocycles. The fourth-order valence-corrected chi connectivity index (χ4v) is 2.75. The van der Waals surface area contributed by atoms with Gasteiger partial charge in [0.05, 0.1) is 6.07 Å². The highest BCUT2D eigenvalue weighted by molar-refractivity contribution is 4.86. The Morgan fingerprint density at radius 2 is 1.00 bits per heavy atom. The first-order chi connectivity index (χ1) is 10.3. The van der Waals surface area contributed by atoms with E-state index < -0.39 is 0 Å². The van der Waals surface area contributed by atoms with E-state index in [0.29, 0.717) is 0 Å². The molecule has 0 bridgehead atoms. The fourth-order valence-electron chi connectivity index (χ4n) is 2.75. The minimum Gasteiger partial charge on any atom is -0.198 e. The molecule has 0 saturated carbocycles. The highest BCUT2D eigenvalue weighted by Crippen LogP contribution is 2.14. The number of hydrogen-bond donors (Lipinski definition) is 0. The summed E-state index contributed by atoms with van der Waals surface area (Å²) in [4.78, 5) is 0. The molecular weight excluding hydrogens is 254 g/mol. The summed E-state index contributed by atoms with van der Waals surface area (Å²) in [5.41, 5.74) is 1.33. The molecule has 0 amide bonds. The second-order valence-electron chi connectivity index (χ2n) is 6.56. The molecule has 0 aliphatic carbocycles. The van der Waals surface area contributed by atoms with Gasteiger partial charge in [0.2, 0.25) is 0 Å². The molecule has 0 aromatic heterocycles. The average Bonchev–Trinajstić information content (AvgIpc) is 2.46. The summed E-state index contributed by atoms with van der Waals surface area (Å²) in [6, 6.07) is 2.22. The number of nitriles is 1. The zero-order valence-electron chi connectivity index (χ0n) is 14.5. The van der Waals surface area contributed by atoms with Gasteiger partial charge in [0.25, 0.3) is 0 Å². The first kappa shape index (κ1) is 20.2. The second-order valence-corrected chi connectivity index (χ2v) is 6.56. The maximum absolute atomic E-state index is 8.44. The van der Waals surface area contributed by atoms with E-state index >= 15 is 0 Å². The maximum Gasteiger partial charge on any atom is 0.0621 e. The number of hydrogen-bond acceptors (Lipinski definition) is 1. The van der Waals surface area contributed by atoms with Gasteiger partial charge in [0, 0.05) is 6.42 Å². The van der Waals surface area contributed by atoms with Crippen LogP contribution in [0.5, 0.6) is 0 Å². The van der Waals surface area contributed by atoms with Crippen LogP contribution in [-0.4, -0.2) is 0 Å². The average molecular weight is 292 g/mol. The van der Waals surface area contributed by atoms with E-state index in [-0.39, 0.29) is 0 Å². The van der Waals surface area contributed by atoms with Gasteiger partial charge in [-0.05, 0) is 26.2 Å². The Hall–Kier alpha value is -0.770. The SMILES string of the molecule is C=C(C)CCCCCCCCCCCCCCCCC#N. The predicted molar refractivity (Wildman–Crippen MR) is 94.3 cm³/mol. The van der Waals surface area contributed by atoms with Crippen molar-refractivity contribution >= 4 is 0 Å². The second kappa shape index (κ2) is 17.3. The van der Waals surface area contributed by atoms with E-state index in [1.54, 1.807) is 0 Å². The van der Waals surface area contributed by atoms with Crippen molar-refractivity contribution in [2.24, 2.45) is 0 Å². The Morgan fingerprint density at radius 3 is 1.33 bits per heavy atom. The largest absolute Gasteiger partial charge is 0.198 e. The summed E-state index contributed by atoms with van der Waals surface area (Å²) in [7, 11) is 0. The lowest BCUT2D eigenvalue weighted by molar-refractivity contribution is 0.534. The van der Waals surface area contributed by atoms with Gasteiger partial charge in [-0.3, -0.25) is 0 Å². The molecule has 0 atom stereocenters. The molecule has 122 valence electrons. The van der Waals surface area contributed by atoms with Gasteiger partial charge in [-0.15, -0.1) is 6.58 Å². The zero-order chi connectivity index (χ0) is 15.6. The van der Waals surface area contributed by atoms with Crippen molar-refractivity contribution in [3.63, 3.8) is 0 Å². The first-order valence-corrected chi connectivity index (χ1v) is 9.28. The number of allylic oxidation sites excluding steroid dienone is 1. The van der Waals surface area contributed by atoms with Crippen molar-refractivity contribution < 1.29 is 0 Å². The molecule has 0 spiro atoms. The molecular formula is C20H37N. The monoisotopic (exact) mass is 291 g/mol. The third-order valence-electron chi connectivity index (χ3n) is 4.14. The van der Waals surface area contributed by atoms with Crippen molar-refractivity contribution in [1.82, 2.24) is 0 Å². The van der Waals surface area contributed by atoms with Crippen LogP contribution in [0.3, 0.4) is 0 Å². The Bertz CT molecular complexity index is 262. The van der Waals surface area contributed by atoms with Gasteiger partial charge in [0.15, 0.2) is 0 Å². The topological polar surface area (TPSA) is 23.8 Å². The van der Waals surface area contributed by atoms with E-state index in [0.717, 1.165) is 12.8 Å². The Kier molecular flexibility index (Phi) is 16.6. The molecule has 0 rings (SSSR count). The van der Waals surface area contributed by atoms with Crippen molar-refractivity contribution in [1.29, 1.82) is 5.26 Å². The highest BCUT2D eigenvalue weighted by atomic mass is 14.2. The molecule has 0 heterocycles. The van der Waals surface area contributed by atoms with Crippen molar-refractivity contribution in [2.75, 3.05) is 0 Å².